The molecule has 1 aromatic heterocycles. The number of Topliss-reactive ketones (excluding diaryl/α,β-unsaturated/α-hetero) is 1. The predicted molar refractivity (Wildman–Crippen MR) is 156 cm³/mol. The standard InChI is InChI=1S/C33H27ClN2O4/c1-36-28-19-11-9-17-25(28)31(32(36)23-14-6-3-7-15-23)29(37)21-40-30(38)20-27(22-12-4-2-5-13-22)35-33(39)24-16-8-10-18-26(24)34/h2-19,27H,20-21H2,1H3,(H,35,39)/t27-/m1/s1. The van der Waals surface area contributed by atoms with Crippen LogP contribution >= 0.6 is 11.6 Å². The summed E-state index contributed by atoms with van der Waals surface area (Å²) in [6.45, 7) is -0.424. The van der Waals surface area contributed by atoms with Crippen molar-refractivity contribution in [1.29, 1.82) is 0 Å². The zero-order valence-electron chi connectivity index (χ0n) is 21.8. The summed E-state index contributed by atoms with van der Waals surface area (Å²) in [5.74, 6) is -1.32. The van der Waals surface area contributed by atoms with E-state index >= 15 is 0 Å². The molecule has 1 N–H and O–H groups in total. The van der Waals surface area contributed by atoms with Crippen molar-refractivity contribution in [2.45, 2.75) is 12.5 Å². The van der Waals surface area contributed by atoms with E-state index in [-0.39, 0.29) is 12.2 Å². The van der Waals surface area contributed by atoms with Gasteiger partial charge in [-0.05, 0) is 29.3 Å². The molecule has 0 radical (unpaired) electrons. The number of nitrogens with zero attached hydrogens (tertiary/aromatic N) is 1. The Morgan fingerprint density at radius 2 is 1.45 bits per heavy atom. The number of hydrogen-bond donors (Lipinski definition) is 1. The molecule has 0 saturated carbocycles. The van der Waals surface area contributed by atoms with Gasteiger partial charge in [0.05, 0.1) is 34.3 Å². The van der Waals surface area contributed by atoms with Crippen LogP contribution < -0.4 is 5.32 Å². The number of rotatable bonds is 9. The quantitative estimate of drug-likeness (QED) is 0.162. The molecule has 0 fully saturated rings. The van der Waals surface area contributed by atoms with Crippen molar-refractivity contribution < 1.29 is 19.1 Å². The molecule has 6 nitrogen and oxygen atoms in total. The molecular weight excluding hydrogens is 524 g/mol. The van der Waals surface area contributed by atoms with Gasteiger partial charge in [0, 0.05) is 18.0 Å². The van der Waals surface area contributed by atoms with Crippen molar-refractivity contribution in [2.75, 3.05) is 6.61 Å². The highest BCUT2D eigenvalue weighted by Crippen LogP contribution is 2.33. The first kappa shape index (κ1) is 26.9. The van der Waals surface area contributed by atoms with Crippen LogP contribution in [0.3, 0.4) is 0 Å². The summed E-state index contributed by atoms with van der Waals surface area (Å²) in [7, 11) is 1.92. The average molecular weight is 551 g/mol. The van der Waals surface area contributed by atoms with Crippen molar-refractivity contribution in [3.05, 3.63) is 131 Å². The van der Waals surface area contributed by atoms with Gasteiger partial charge in [0.1, 0.15) is 0 Å². The molecule has 1 atom stereocenters. The molecule has 1 heterocycles. The third-order valence-electron chi connectivity index (χ3n) is 6.79. The Balaban J connectivity index is 1.35. The molecule has 1 amide bonds. The smallest absolute Gasteiger partial charge is 0.308 e. The van der Waals surface area contributed by atoms with Gasteiger partial charge in [-0.2, -0.15) is 0 Å². The van der Waals surface area contributed by atoms with E-state index in [0.29, 0.717) is 16.1 Å². The number of esters is 1. The Labute approximate surface area is 237 Å². The molecule has 0 aliphatic heterocycles. The van der Waals surface area contributed by atoms with E-state index in [9.17, 15) is 14.4 Å². The second kappa shape index (κ2) is 12.0. The minimum atomic E-state index is -0.676. The van der Waals surface area contributed by atoms with Crippen molar-refractivity contribution in [3.63, 3.8) is 0 Å². The molecule has 40 heavy (non-hydrogen) atoms. The van der Waals surface area contributed by atoms with Gasteiger partial charge in [0.15, 0.2) is 6.61 Å². The lowest BCUT2D eigenvalue weighted by Gasteiger charge is -2.19. The number of fused-ring (bicyclic) bond motifs is 1. The first-order chi connectivity index (χ1) is 19.4. The highest BCUT2D eigenvalue weighted by atomic mass is 35.5. The van der Waals surface area contributed by atoms with Gasteiger partial charge >= 0.3 is 5.97 Å². The maximum Gasteiger partial charge on any atom is 0.308 e. The van der Waals surface area contributed by atoms with Crippen LogP contribution in [0.1, 0.15) is 38.7 Å². The van der Waals surface area contributed by atoms with Crippen LogP contribution in [0.5, 0.6) is 0 Å². The number of aromatic nitrogens is 1. The van der Waals surface area contributed by atoms with E-state index in [4.69, 9.17) is 16.3 Å². The van der Waals surface area contributed by atoms with Crippen molar-refractivity contribution in [3.8, 4) is 11.3 Å². The van der Waals surface area contributed by atoms with Crippen molar-refractivity contribution >= 4 is 40.2 Å². The number of carbonyl (C=O) groups excluding carboxylic acids is 3. The Morgan fingerprint density at radius 3 is 2.17 bits per heavy atom. The topological polar surface area (TPSA) is 77.4 Å². The fraction of sp³-hybridized carbons (Fsp3) is 0.121. The molecule has 0 aliphatic rings. The number of para-hydroxylation sites is 1. The van der Waals surface area contributed by atoms with Crippen LogP contribution in [0.15, 0.2) is 109 Å². The number of carbonyl (C=O) groups is 3. The highest BCUT2D eigenvalue weighted by Gasteiger charge is 2.25. The van der Waals surface area contributed by atoms with E-state index < -0.39 is 24.5 Å². The van der Waals surface area contributed by atoms with Crippen LogP contribution in [-0.4, -0.2) is 28.8 Å². The van der Waals surface area contributed by atoms with Gasteiger partial charge in [-0.25, -0.2) is 0 Å². The zero-order valence-corrected chi connectivity index (χ0v) is 22.6. The molecule has 0 unspecified atom stereocenters. The van der Waals surface area contributed by atoms with Crippen LogP contribution in [-0.2, 0) is 16.6 Å². The normalized spacial score (nSPS) is 11.7. The largest absolute Gasteiger partial charge is 0.457 e. The number of ketones is 1. The lowest BCUT2D eigenvalue weighted by atomic mass is 10.0. The number of aryl methyl sites for hydroxylation is 1. The van der Waals surface area contributed by atoms with Crippen molar-refractivity contribution in [1.82, 2.24) is 9.88 Å². The van der Waals surface area contributed by atoms with Crippen molar-refractivity contribution in [2.24, 2.45) is 7.05 Å². The SMILES string of the molecule is Cn1c(-c2ccccc2)c(C(=O)COC(=O)C[C@@H](NC(=O)c2ccccc2Cl)c2ccccc2)c2ccccc21. The van der Waals surface area contributed by atoms with Gasteiger partial charge in [0.2, 0.25) is 5.78 Å². The third-order valence-corrected chi connectivity index (χ3v) is 7.12. The zero-order chi connectivity index (χ0) is 28.1. The summed E-state index contributed by atoms with van der Waals surface area (Å²) in [4.78, 5) is 39.5. The fourth-order valence-corrected chi connectivity index (χ4v) is 5.09. The summed E-state index contributed by atoms with van der Waals surface area (Å²) in [5.41, 5.74) is 4.09. The molecule has 0 saturated heterocycles. The molecule has 7 heteroatoms. The molecule has 5 rings (SSSR count). The van der Waals surface area contributed by atoms with Crippen LogP contribution in [0, 0.1) is 0 Å². The van der Waals surface area contributed by atoms with E-state index in [1.54, 1.807) is 24.3 Å². The molecule has 0 bridgehead atoms. The summed E-state index contributed by atoms with van der Waals surface area (Å²) in [6.07, 6.45) is -0.158. The number of amides is 1. The first-order valence-corrected chi connectivity index (χ1v) is 13.2. The molecule has 0 aliphatic carbocycles. The van der Waals surface area contributed by atoms with Crippen LogP contribution in [0.2, 0.25) is 5.02 Å². The lowest BCUT2D eigenvalue weighted by molar-refractivity contribution is -0.143. The van der Waals surface area contributed by atoms with E-state index in [1.807, 2.05) is 96.5 Å². The van der Waals surface area contributed by atoms with Crippen LogP contribution in [0.4, 0.5) is 0 Å². The Kier molecular flexibility index (Phi) is 8.08. The number of ether oxygens (including phenoxy) is 1. The van der Waals surface area contributed by atoms with Gasteiger partial charge in [-0.3, -0.25) is 14.4 Å². The van der Waals surface area contributed by atoms with Gasteiger partial charge in [0.25, 0.3) is 5.91 Å². The Bertz CT molecular complexity index is 1680. The summed E-state index contributed by atoms with van der Waals surface area (Å²) >= 11 is 6.21. The first-order valence-electron chi connectivity index (χ1n) is 12.9. The summed E-state index contributed by atoms with van der Waals surface area (Å²) in [6, 6.07) is 32.5. The maximum atomic E-state index is 13.6. The molecule has 5 aromatic rings. The minimum absolute atomic E-state index is 0.158. The molecular formula is C33H27ClN2O4. The average Bonchev–Trinajstić information content (AvgIpc) is 3.29. The Morgan fingerprint density at radius 1 is 0.825 bits per heavy atom. The number of hydrogen-bond acceptors (Lipinski definition) is 4. The minimum Gasteiger partial charge on any atom is -0.457 e. The summed E-state index contributed by atoms with van der Waals surface area (Å²) in [5, 5.41) is 3.99. The van der Waals surface area contributed by atoms with Gasteiger partial charge in [-0.15, -0.1) is 0 Å². The maximum absolute atomic E-state index is 13.6. The van der Waals surface area contributed by atoms with Gasteiger partial charge in [-0.1, -0.05) is 103 Å². The number of benzene rings is 4. The number of halogens is 1. The van der Waals surface area contributed by atoms with E-state index in [2.05, 4.69) is 5.32 Å². The Hall–Kier alpha value is -4.68. The molecule has 0 spiro atoms. The van der Waals surface area contributed by atoms with E-state index in [0.717, 1.165) is 27.7 Å². The summed E-state index contributed by atoms with van der Waals surface area (Å²) < 4.78 is 7.48. The van der Waals surface area contributed by atoms with Gasteiger partial charge < -0.3 is 14.6 Å². The monoisotopic (exact) mass is 550 g/mol. The number of nitrogens with one attached hydrogen (secondary N) is 1. The van der Waals surface area contributed by atoms with Crippen LogP contribution in [0.25, 0.3) is 22.2 Å². The molecule has 4 aromatic carbocycles. The highest BCUT2D eigenvalue weighted by molar-refractivity contribution is 6.33. The second-order valence-electron chi connectivity index (χ2n) is 9.37. The third kappa shape index (κ3) is 5.67. The molecule has 200 valence electrons. The lowest BCUT2D eigenvalue weighted by Crippen LogP contribution is -2.31. The fourth-order valence-electron chi connectivity index (χ4n) is 4.87. The second-order valence-corrected chi connectivity index (χ2v) is 9.78. The predicted octanol–water partition coefficient (Wildman–Crippen LogP) is 6.79. The van der Waals surface area contributed by atoms with E-state index in [1.165, 1.54) is 0 Å².